The zero-order valence-electron chi connectivity index (χ0n) is 12.0. The number of hydrogen-bond acceptors (Lipinski definition) is 5. The first-order chi connectivity index (χ1) is 10.7. The lowest BCUT2D eigenvalue weighted by molar-refractivity contribution is -0.388. The molecule has 0 amide bonds. The summed E-state index contributed by atoms with van der Waals surface area (Å²) in [4.78, 5) is 19.8. The quantitative estimate of drug-likeness (QED) is 0.620. The number of nitro groups is 2. The SMILES string of the molecule is Cc1ccc(Oc2ccc(C)c([N+](=O)[O-])c2F)c(F)c1[N+](=O)[O-]. The summed E-state index contributed by atoms with van der Waals surface area (Å²) in [5, 5.41) is 21.7. The van der Waals surface area contributed by atoms with E-state index < -0.39 is 44.4 Å². The third-order valence-electron chi connectivity index (χ3n) is 3.15. The van der Waals surface area contributed by atoms with Crippen LogP contribution in [0.5, 0.6) is 11.5 Å². The van der Waals surface area contributed by atoms with Gasteiger partial charge in [-0.3, -0.25) is 20.2 Å². The number of hydrogen-bond donors (Lipinski definition) is 0. The first-order valence-corrected chi connectivity index (χ1v) is 6.29. The minimum atomic E-state index is -1.28. The summed E-state index contributed by atoms with van der Waals surface area (Å²) < 4.78 is 33.2. The van der Waals surface area contributed by atoms with E-state index in [-0.39, 0.29) is 11.1 Å². The van der Waals surface area contributed by atoms with Crippen LogP contribution in [0.3, 0.4) is 0 Å². The average molecular weight is 324 g/mol. The van der Waals surface area contributed by atoms with Gasteiger partial charge in [-0.15, -0.1) is 0 Å². The first-order valence-electron chi connectivity index (χ1n) is 6.29. The van der Waals surface area contributed by atoms with Gasteiger partial charge in [0.1, 0.15) is 0 Å². The summed E-state index contributed by atoms with van der Waals surface area (Å²) in [5.74, 6) is -3.76. The normalized spacial score (nSPS) is 10.4. The van der Waals surface area contributed by atoms with Crippen molar-refractivity contribution in [3.05, 3.63) is 67.3 Å². The van der Waals surface area contributed by atoms with Crippen LogP contribution in [0.2, 0.25) is 0 Å². The summed E-state index contributed by atoms with van der Waals surface area (Å²) in [6, 6.07) is 4.64. The van der Waals surface area contributed by atoms with E-state index in [4.69, 9.17) is 4.74 Å². The van der Waals surface area contributed by atoms with Crippen LogP contribution in [-0.4, -0.2) is 9.85 Å². The Bertz CT molecular complexity index is 756. The monoisotopic (exact) mass is 324 g/mol. The molecule has 9 heteroatoms. The van der Waals surface area contributed by atoms with Crippen molar-refractivity contribution in [1.82, 2.24) is 0 Å². The van der Waals surface area contributed by atoms with E-state index in [1.54, 1.807) is 0 Å². The van der Waals surface area contributed by atoms with Gasteiger partial charge in [0, 0.05) is 11.1 Å². The van der Waals surface area contributed by atoms with Crippen LogP contribution in [0, 0.1) is 45.7 Å². The largest absolute Gasteiger partial charge is 0.451 e. The maximum absolute atomic E-state index is 14.1. The molecular formula is C14H10F2N2O5. The summed E-state index contributed by atoms with van der Waals surface area (Å²) in [6.45, 7) is 2.67. The van der Waals surface area contributed by atoms with Crippen molar-refractivity contribution < 1.29 is 23.4 Å². The van der Waals surface area contributed by atoms with Crippen molar-refractivity contribution in [3.8, 4) is 11.5 Å². The van der Waals surface area contributed by atoms with E-state index in [1.807, 2.05) is 0 Å². The molecule has 0 saturated heterocycles. The predicted octanol–water partition coefficient (Wildman–Crippen LogP) is 4.19. The Hall–Kier alpha value is -3.10. The van der Waals surface area contributed by atoms with Gasteiger partial charge in [0.15, 0.2) is 11.5 Å². The van der Waals surface area contributed by atoms with Crippen LogP contribution < -0.4 is 4.74 Å². The van der Waals surface area contributed by atoms with E-state index in [2.05, 4.69) is 0 Å². The summed E-state index contributed by atoms with van der Waals surface area (Å²) in [7, 11) is 0. The third-order valence-corrected chi connectivity index (χ3v) is 3.15. The molecule has 2 aromatic carbocycles. The smallest absolute Gasteiger partial charge is 0.311 e. The molecule has 0 atom stereocenters. The molecule has 0 N–H and O–H groups in total. The number of nitrogens with zero attached hydrogens (tertiary/aromatic N) is 2. The number of nitro benzene ring substituents is 2. The van der Waals surface area contributed by atoms with Gasteiger partial charge in [0.2, 0.25) is 11.6 Å². The van der Waals surface area contributed by atoms with Gasteiger partial charge in [-0.25, -0.2) is 0 Å². The zero-order chi connectivity index (χ0) is 17.3. The summed E-state index contributed by atoms with van der Waals surface area (Å²) >= 11 is 0. The minimum Gasteiger partial charge on any atom is -0.451 e. The van der Waals surface area contributed by atoms with Crippen molar-refractivity contribution in [2.24, 2.45) is 0 Å². The fourth-order valence-corrected chi connectivity index (χ4v) is 2.01. The van der Waals surface area contributed by atoms with Crippen molar-refractivity contribution >= 4 is 11.4 Å². The molecule has 2 rings (SSSR count). The number of aryl methyl sites for hydroxylation is 2. The number of rotatable bonds is 4. The second kappa shape index (κ2) is 5.95. The van der Waals surface area contributed by atoms with Gasteiger partial charge in [0.25, 0.3) is 0 Å². The third kappa shape index (κ3) is 2.93. The standard InChI is InChI=1S/C14H10F2N2O5/c1-7-3-5-9(11(15)13(7)17(19)20)23-10-6-4-8(2)14(12(10)16)18(21)22/h3-6H,1-2H3. The lowest BCUT2D eigenvalue weighted by Gasteiger charge is -2.09. The molecule has 0 radical (unpaired) electrons. The molecule has 0 saturated carbocycles. The molecule has 0 bridgehead atoms. The second-order valence-electron chi connectivity index (χ2n) is 4.70. The maximum Gasteiger partial charge on any atom is 0.311 e. The molecule has 0 aliphatic heterocycles. The number of benzene rings is 2. The van der Waals surface area contributed by atoms with Gasteiger partial charge in [0.05, 0.1) is 9.85 Å². The maximum atomic E-state index is 14.1. The summed E-state index contributed by atoms with van der Waals surface area (Å²) in [5.41, 5.74) is -1.47. The lowest BCUT2D eigenvalue weighted by Crippen LogP contribution is -2.01. The van der Waals surface area contributed by atoms with E-state index in [1.165, 1.54) is 26.0 Å². The Kier molecular flexibility index (Phi) is 4.21. The molecule has 0 aliphatic carbocycles. The molecule has 2 aromatic rings. The Morgan fingerprint density at radius 2 is 1.17 bits per heavy atom. The predicted molar refractivity (Wildman–Crippen MR) is 75.7 cm³/mol. The van der Waals surface area contributed by atoms with Crippen LogP contribution in [-0.2, 0) is 0 Å². The Balaban J connectivity index is 2.53. The number of ether oxygens (including phenoxy) is 1. The van der Waals surface area contributed by atoms with Crippen molar-refractivity contribution in [3.63, 3.8) is 0 Å². The van der Waals surface area contributed by atoms with Crippen molar-refractivity contribution in [2.45, 2.75) is 13.8 Å². The van der Waals surface area contributed by atoms with Gasteiger partial charge in [-0.1, -0.05) is 0 Å². The van der Waals surface area contributed by atoms with Crippen LogP contribution in [0.4, 0.5) is 20.2 Å². The highest BCUT2D eigenvalue weighted by Crippen LogP contribution is 2.36. The Morgan fingerprint density at radius 3 is 1.48 bits per heavy atom. The van der Waals surface area contributed by atoms with Gasteiger partial charge in [-0.05, 0) is 38.1 Å². The second-order valence-corrected chi connectivity index (χ2v) is 4.70. The van der Waals surface area contributed by atoms with Gasteiger partial charge in [-0.2, -0.15) is 8.78 Å². The molecule has 120 valence electrons. The van der Waals surface area contributed by atoms with Gasteiger partial charge >= 0.3 is 11.4 Å². The fraction of sp³-hybridized carbons (Fsp3) is 0.143. The molecular weight excluding hydrogens is 314 g/mol. The molecule has 0 aliphatic rings. The lowest BCUT2D eigenvalue weighted by atomic mass is 10.1. The Labute approximate surface area is 128 Å². The molecule has 7 nitrogen and oxygen atoms in total. The van der Waals surface area contributed by atoms with E-state index in [0.717, 1.165) is 12.1 Å². The molecule has 0 aromatic heterocycles. The highest BCUT2D eigenvalue weighted by molar-refractivity contribution is 5.51. The van der Waals surface area contributed by atoms with Crippen LogP contribution in [0.25, 0.3) is 0 Å². The van der Waals surface area contributed by atoms with Crippen LogP contribution >= 0.6 is 0 Å². The van der Waals surface area contributed by atoms with E-state index >= 15 is 0 Å². The topological polar surface area (TPSA) is 95.5 Å². The van der Waals surface area contributed by atoms with Crippen molar-refractivity contribution in [1.29, 1.82) is 0 Å². The first kappa shape index (κ1) is 16.3. The van der Waals surface area contributed by atoms with Crippen LogP contribution in [0.1, 0.15) is 11.1 Å². The van der Waals surface area contributed by atoms with Gasteiger partial charge < -0.3 is 4.74 Å². The van der Waals surface area contributed by atoms with E-state index in [0.29, 0.717) is 0 Å². The molecule has 0 spiro atoms. The Morgan fingerprint density at radius 1 is 0.826 bits per heavy atom. The highest BCUT2D eigenvalue weighted by atomic mass is 19.1. The number of halogens is 2. The molecule has 0 heterocycles. The fourth-order valence-electron chi connectivity index (χ4n) is 2.01. The van der Waals surface area contributed by atoms with Crippen molar-refractivity contribution in [2.75, 3.05) is 0 Å². The zero-order valence-corrected chi connectivity index (χ0v) is 12.0. The molecule has 0 unspecified atom stereocenters. The minimum absolute atomic E-state index is 0.0650. The van der Waals surface area contributed by atoms with E-state index in [9.17, 15) is 29.0 Å². The van der Waals surface area contributed by atoms with Crippen LogP contribution in [0.15, 0.2) is 24.3 Å². The summed E-state index contributed by atoms with van der Waals surface area (Å²) in [6.07, 6.45) is 0. The highest BCUT2D eigenvalue weighted by Gasteiger charge is 2.26. The molecule has 0 fully saturated rings. The molecule has 23 heavy (non-hydrogen) atoms. The average Bonchev–Trinajstić information content (AvgIpc) is 2.44.